The monoisotopic (exact) mass is 471 g/mol. The highest BCUT2D eigenvalue weighted by molar-refractivity contribution is 5.79. The number of likely N-dealkylation sites (tertiary alicyclic amines) is 1. The minimum Gasteiger partial charge on any atom is -0.303 e. The molecule has 0 aliphatic carbocycles. The molecule has 0 bridgehead atoms. The summed E-state index contributed by atoms with van der Waals surface area (Å²) in [6, 6.07) is 17.0. The van der Waals surface area contributed by atoms with Crippen LogP contribution in [-0.2, 0) is 17.8 Å². The molecule has 2 heterocycles. The van der Waals surface area contributed by atoms with Crippen LogP contribution >= 0.6 is 0 Å². The van der Waals surface area contributed by atoms with E-state index in [0.29, 0.717) is 29.1 Å². The third-order valence-electron chi connectivity index (χ3n) is 6.43. The van der Waals surface area contributed by atoms with Crippen LogP contribution in [0.4, 0.5) is 0 Å². The lowest BCUT2D eigenvalue weighted by molar-refractivity contribution is -0.120. The highest BCUT2D eigenvalue weighted by Gasteiger charge is 2.19. The predicted octanol–water partition coefficient (Wildman–Crippen LogP) is 4.22. The summed E-state index contributed by atoms with van der Waals surface area (Å²) < 4.78 is 2.77. The molecule has 1 saturated heterocycles. The van der Waals surface area contributed by atoms with Crippen LogP contribution in [-0.4, -0.2) is 44.7 Å². The number of nitrogens with zero attached hydrogens (tertiary/aromatic N) is 5. The molecule has 0 unspecified atom stereocenters. The van der Waals surface area contributed by atoms with E-state index < -0.39 is 0 Å². The topological polar surface area (TPSA) is 83.9 Å². The van der Waals surface area contributed by atoms with Gasteiger partial charge < -0.3 is 4.90 Å². The van der Waals surface area contributed by atoms with Gasteiger partial charge in [0.15, 0.2) is 11.6 Å². The molecule has 7 heteroatoms. The average Bonchev–Trinajstić information content (AvgIpc) is 3.19. The fourth-order valence-electron chi connectivity index (χ4n) is 4.62. The molecule has 1 aliphatic rings. The zero-order valence-corrected chi connectivity index (χ0v) is 20.6. The first-order valence-electron chi connectivity index (χ1n) is 12.5. The Bertz CT molecular complexity index is 1260. The Balaban J connectivity index is 1.62. The third kappa shape index (κ3) is 6.14. The fraction of sp³-hybridized carbons (Fsp3) is 0.429. The highest BCUT2D eigenvalue weighted by atomic mass is 16.2. The van der Waals surface area contributed by atoms with Gasteiger partial charge >= 0.3 is 5.69 Å². The van der Waals surface area contributed by atoms with Crippen molar-refractivity contribution in [3.05, 3.63) is 70.1 Å². The number of carbonyl (C=O) groups is 1. The summed E-state index contributed by atoms with van der Waals surface area (Å²) in [5.74, 6) is 0.571. The summed E-state index contributed by atoms with van der Waals surface area (Å²) in [4.78, 5) is 28.5. The van der Waals surface area contributed by atoms with E-state index in [1.54, 1.807) is 24.3 Å². The number of aromatic nitrogens is 3. The summed E-state index contributed by atoms with van der Waals surface area (Å²) in [6.07, 6.45) is 5.26. The van der Waals surface area contributed by atoms with Crippen molar-refractivity contribution in [3.63, 3.8) is 0 Å². The van der Waals surface area contributed by atoms with Gasteiger partial charge in [-0.25, -0.2) is 4.79 Å². The van der Waals surface area contributed by atoms with Crippen molar-refractivity contribution in [2.75, 3.05) is 19.6 Å². The standard InChI is InChI=1S/C28H33N5O2/c1-21(2)17-26(34)20-32-27(24-8-6-7-23(18-24)19-29)30-33(28(32)35)25-11-9-22(10-12-25)13-16-31-14-4-3-5-15-31/h6-12,18,21H,3-5,13-17,20H2,1-2H3. The Morgan fingerprint density at radius 2 is 1.83 bits per heavy atom. The van der Waals surface area contributed by atoms with Crippen molar-refractivity contribution in [1.82, 2.24) is 19.2 Å². The van der Waals surface area contributed by atoms with Gasteiger partial charge in [-0.1, -0.05) is 44.5 Å². The molecule has 0 saturated carbocycles. The quantitative estimate of drug-likeness (QED) is 0.467. The first-order chi connectivity index (χ1) is 16.9. The molecule has 1 fully saturated rings. The molecule has 7 nitrogen and oxygen atoms in total. The molecule has 0 radical (unpaired) electrons. The Morgan fingerprint density at radius 1 is 1.09 bits per heavy atom. The summed E-state index contributed by atoms with van der Waals surface area (Å²) in [6.45, 7) is 7.32. The van der Waals surface area contributed by atoms with E-state index in [9.17, 15) is 14.9 Å². The predicted molar refractivity (Wildman–Crippen MR) is 136 cm³/mol. The largest absolute Gasteiger partial charge is 0.351 e. The maximum absolute atomic E-state index is 13.4. The van der Waals surface area contributed by atoms with Crippen LogP contribution in [0.15, 0.2) is 53.3 Å². The van der Waals surface area contributed by atoms with Gasteiger partial charge in [-0.15, -0.1) is 5.10 Å². The lowest BCUT2D eigenvalue weighted by Gasteiger charge is -2.26. The molecule has 1 aromatic heterocycles. The number of hydrogen-bond donors (Lipinski definition) is 0. The van der Waals surface area contributed by atoms with Crippen LogP contribution in [0, 0.1) is 17.2 Å². The summed E-state index contributed by atoms with van der Waals surface area (Å²) >= 11 is 0. The van der Waals surface area contributed by atoms with Crippen molar-refractivity contribution in [2.45, 2.75) is 52.5 Å². The van der Waals surface area contributed by atoms with Crippen LogP contribution in [0.2, 0.25) is 0 Å². The first-order valence-corrected chi connectivity index (χ1v) is 12.5. The lowest BCUT2D eigenvalue weighted by Crippen LogP contribution is -2.31. The molecule has 1 aliphatic heterocycles. The SMILES string of the molecule is CC(C)CC(=O)Cn1c(-c2cccc(C#N)c2)nn(-c2ccc(CCN3CCCCC3)cc2)c1=O. The van der Waals surface area contributed by atoms with E-state index in [4.69, 9.17) is 0 Å². The van der Waals surface area contributed by atoms with E-state index in [0.717, 1.165) is 13.0 Å². The third-order valence-corrected chi connectivity index (χ3v) is 6.43. The minimum atomic E-state index is -0.361. The second kappa shape index (κ2) is 11.3. The smallest absolute Gasteiger partial charge is 0.303 e. The molecule has 2 aromatic carbocycles. The van der Waals surface area contributed by atoms with Crippen LogP contribution < -0.4 is 5.69 Å². The summed E-state index contributed by atoms with van der Waals surface area (Å²) in [7, 11) is 0. The molecular weight excluding hydrogens is 438 g/mol. The second-order valence-corrected chi connectivity index (χ2v) is 9.75. The highest BCUT2D eigenvalue weighted by Crippen LogP contribution is 2.20. The Kier molecular flexibility index (Phi) is 7.94. The molecule has 182 valence electrons. The van der Waals surface area contributed by atoms with Gasteiger partial charge in [-0.3, -0.25) is 9.36 Å². The normalized spacial score (nSPS) is 14.2. The number of piperidine rings is 1. The van der Waals surface area contributed by atoms with Gasteiger partial charge in [0.05, 0.1) is 23.9 Å². The lowest BCUT2D eigenvalue weighted by atomic mass is 10.1. The Hall–Kier alpha value is -3.50. The van der Waals surface area contributed by atoms with Crippen molar-refractivity contribution < 1.29 is 4.79 Å². The van der Waals surface area contributed by atoms with E-state index in [2.05, 4.69) is 16.1 Å². The van der Waals surface area contributed by atoms with E-state index >= 15 is 0 Å². The number of benzene rings is 2. The number of rotatable bonds is 9. The van der Waals surface area contributed by atoms with Crippen LogP contribution in [0.1, 0.15) is 50.7 Å². The first kappa shape index (κ1) is 24.6. The maximum atomic E-state index is 13.4. The van der Waals surface area contributed by atoms with E-state index in [1.165, 1.54) is 47.2 Å². The molecule has 0 amide bonds. The van der Waals surface area contributed by atoms with Gasteiger partial charge in [0.25, 0.3) is 0 Å². The Morgan fingerprint density at radius 3 is 2.51 bits per heavy atom. The number of ketones is 1. The summed E-state index contributed by atoms with van der Waals surface area (Å²) in [5.41, 5.74) is 2.63. The number of carbonyl (C=O) groups excluding carboxylic acids is 1. The minimum absolute atomic E-state index is 0.0209. The second-order valence-electron chi connectivity index (χ2n) is 9.75. The number of nitriles is 1. The number of hydrogen-bond acceptors (Lipinski definition) is 5. The van der Waals surface area contributed by atoms with Crippen LogP contribution in [0.3, 0.4) is 0 Å². The van der Waals surface area contributed by atoms with Gasteiger partial charge in [-0.2, -0.15) is 9.94 Å². The van der Waals surface area contributed by atoms with Crippen molar-refractivity contribution >= 4 is 5.78 Å². The average molecular weight is 472 g/mol. The molecular formula is C28H33N5O2. The number of Topliss-reactive ketones (excluding diaryl/α,β-unsaturated/α-hetero) is 1. The molecule has 4 rings (SSSR count). The van der Waals surface area contributed by atoms with Gasteiger partial charge in [0.1, 0.15) is 0 Å². The Labute approximate surface area is 206 Å². The van der Waals surface area contributed by atoms with E-state index in [-0.39, 0.29) is 23.9 Å². The summed E-state index contributed by atoms with van der Waals surface area (Å²) in [5, 5.41) is 13.9. The zero-order valence-electron chi connectivity index (χ0n) is 20.6. The van der Waals surface area contributed by atoms with Gasteiger partial charge in [0.2, 0.25) is 0 Å². The van der Waals surface area contributed by atoms with Crippen LogP contribution in [0.25, 0.3) is 17.1 Å². The molecule has 35 heavy (non-hydrogen) atoms. The molecule has 3 aromatic rings. The molecule has 0 N–H and O–H groups in total. The van der Waals surface area contributed by atoms with Gasteiger partial charge in [0, 0.05) is 18.5 Å². The van der Waals surface area contributed by atoms with Gasteiger partial charge in [-0.05, 0) is 68.1 Å². The van der Waals surface area contributed by atoms with Crippen molar-refractivity contribution in [3.8, 4) is 23.1 Å². The maximum Gasteiger partial charge on any atom is 0.351 e. The zero-order chi connectivity index (χ0) is 24.8. The van der Waals surface area contributed by atoms with Crippen molar-refractivity contribution in [1.29, 1.82) is 5.26 Å². The van der Waals surface area contributed by atoms with Crippen molar-refractivity contribution in [2.24, 2.45) is 5.92 Å². The van der Waals surface area contributed by atoms with Crippen LogP contribution in [0.5, 0.6) is 0 Å². The van der Waals surface area contributed by atoms with E-state index in [1.807, 2.05) is 38.1 Å². The molecule has 0 spiro atoms. The fourth-order valence-corrected chi connectivity index (χ4v) is 4.62. The molecule has 0 atom stereocenters.